The minimum absolute atomic E-state index is 0. The quantitative estimate of drug-likeness (QED) is 0.483. The summed E-state index contributed by atoms with van der Waals surface area (Å²) >= 11 is 0. The van der Waals surface area contributed by atoms with E-state index in [1.807, 2.05) is 6.07 Å². The van der Waals surface area contributed by atoms with Crippen LogP contribution in [0.3, 0.4) is 0 Å². The van der Waals surface area contributed by atoms with Crippen molar-refractivity contribution in [2.75, 3.05) is 0 Å². The van der Waals surface area contributed by atoms with Gasteiger partial charge in [0, 0.05) is 18.9 Å². The van der Waals surface area contributed by atoms with Gasteiger partial charge in [0.05, 0.1) is 0 Å². The summed E-state index contributed by atoms with van der Waals surface area (Å²) in [6.07, 6.45) is 0. The van der Waals surface area contributed by atoms with Crippen molar-refractivity contribution in [3.63, 3.8) is 0 Å². The second kappa shape index (κ2) is 3.60. The first-order chi connectivity index (χ1) is 3.39. The number of para-hydroxylation sites is 1. The van der Waals surface area contributed by atoms with Crippen molar-refractivity contribution in [2.24, 2.45) is 0 Å². The first-order valence-corrected chi connectivity index (χ1v) is 2.13. The molecule has 0 aliphatic carbocycles. The molecule has 0 heterocycles. The molecule has 1 radical (unpaired) electrons. The second-order valence-corrected chi connectivity index (χ2v) is 1.34. The Labute approximate surface area is 60.5 Å². The minimum Gasteiger partial charge on any atom is -0.508 e. The average Bonchev–Trinajstić information content (AvgIpc) is 1.69. The molecule has 0 aliphatic heterocycles. The van der Waals surface area contributed by atoms with Crippen LogP contribution in [0.15, 0.2) is 30.3 Å². The van der Waals surface area contributed by atoms with Crippen LogP contribution in [0.25, 0.3) is 0 Å². The van der Waals surface area contributed by atoms with Crippen LogP contribution in [0.4, 0.5) is 0 Å². The van der Waals surface area contributed by atoms with Crippen LogP contribution < -0.4 is 0 Å². The molecule has 1 aromatic rings. The maximum atomic E-state index is 8.63. The Kier molecular flexibility index (Phi) is 3.43. The summed E-state index contributed by atoms with van der Waals surface area (Å²) in [6, 6.07) is 8.71. The molecular weight excluding hydrogens is 95.0 g/mol. The van der Waals surface area contributed by atoms with E-state index in [1.54, 1.807) is 24.3 Å². The molecule has 0 fully saturated rings. The van der Waals surface area contributed by atoms with Gasteiger partial charge in [-0.2, -0.15) is 0 Å². The Hall–Kier alpha value is -0.383. The summed E-state index contributed by atoms with van der Waals surface area (Å²) in [4.78, 5) is 0. The molecule has 0 saturated heterocycles. The Bertz CT molecular complexity index is 138. The maximum Gasteiger partial charge on any atom is 0.115 e. The predicted octanol–water partition coefficient (Wildman–Crippen LogP) is 1.01. The Balaban J connectivity index is 0.000000490. The van der Waals surface area contributed by atoms with Crippen LogP contribution in [-0.4, -0.2) is 24.0 Å². The van der Waals surface area contributed by atoms with Crippen molar-refractivity contribution >= 4 is 18.9 Å². The fraction of sp³-hybridized carbons (Fsp3) is 0. The van der Waals surface area contributed by atoms with Crippen molar-refractivity contribution in [1.29, 1.82) is 0 Å². The zero-order valence-electron chi connectivity index (χ0n) is 4.83. The van der Waals surface area contributed by atoms with Crippen molar-refractivity contribution < 1.29 is 5.11 Å². The van der Waals surface area contributed by atoms with Gasteiger partial charge in [-0.3, -0.25) is 0 Å². The van der Waals surface area contributed by atoms with E-state index < -0.39 is 0 Å². The summed E-state index contributed by atoms with van der Waals surface area (Å²) in [6.45, 7) is 0. The molecular formula is C6H6LiO. The third-order valence-electron chi connectivity index (χ3n) is 0.756. The monoisotopic (exact) mass is 101 g/mol. The molecule has 0 saturated carbocycles. The van der Waals surface area contributed by atoms with Gasteiger partial charge in [0.25, 0.3) is 0 Å². The summed E-state index contributed by atoms with van der Waals surface area (Å²) in [5, 5.41) is 8.63. The van der Waals surface area contributed by atoms with Gasteiger partial charge in [0.1, 0.15) is 5.75 Å². The first-order valence-electron chi connectivity index (χ1n) is 2.13. The molecule has 1 rings (SSSR count). The van der Waals surface area contributed by atoms with Gasteiger partial charge in [-0.25, -0.2) is 0 Å². The van der Waals surface area contributed by atoms with Crippen molar-refractivity contribution in [1.82, 2.24) is 0 Å². The van der Waals surface area contributed by atoms with E-state index in [2.05, 4.69) is 0 Å². The number of phenolic OH excluding ortho intramolecular Hbond substituents is 1. The molecule has 8 heavy (non-hydrogen) atoms. The van der Waals surface area contributed by atoms with E-state index in [9.17, 15) is 0 Å². The summed E-state index contributed by atoms with van der Waals surface area (Å²) in [5.41, 5.74) is 0. The predicted molar refractivity (Wildman–Crippen MR) is 33.9 cm³/mol. The van der Waals surface area contributed by atoms with Gasteiger partial charge in [0.15, 0.2) is 0 Å². The van der Waals surface area contributed by atoms with E-state index >= 15 is 0 Å². The molecule has 1 N–H and O–H groups in total. The van der Waals surface area contributed by atoms with E-state index in [1.165, 1.54) is 0 Å². The molecule has 0 aromatic heterocycles. The molecule has 0 atom stereocenters. The van der Waals surface area contributed by atoms with Crippen molar-refractivity contribution in [3.8, 4) is 5.75 Å². The van der Waals surface area contributed by atoms with Gasteiger partial charge >= 0.3 is 0 Å². The number of phenols is 1. The van der Waals surface area contributed by atoms with Crippen molar-refractivity contribution in [3.05, 3.63) is 30.3 Å². The molecule has 2 heteroatoms. The van der Waals surface area contributed by atoms with Crippen LogP contribution in [0, 0.1) is 0 Å². The number of rotatable bonds is 0. The van der Waals surface area contributed by atoms with Gasteiger partial charge in [-0.15, -0.1) is 0 Å². The molecule has 1 aromatic carbocycles. The van der Waals surface area contributed by atoms with Crippen LogP contribution in [0.1, 0.15) is 0 Å². The van der Waals surface area contributed by atoms with Crippen molar-refractivity contribution in [2.45, 2.75) is 0 Å². The average molecular weight is 101 g/mol. The minimum atomic E-state index is 0. The Morgan fingerprint density at radius 2 is 1.50 bits per heavy atom. The first kappa shape index (κ1) is 7.62. The molecule has 0 amide bonds. The van der Waals surface area contributed by atoms with Gasteiger partial charge < -0.3 is 5.11 Å². The fourth-order valence-corrected chi connectivity index (χ4v) is 0.428. The van der Waals surface area contributed by atoms with E-state index in [0.29, 0.717) is 5.75 Å². The molecule has 1 nitrogen and oxygen atoms in total. The third kappa shape index (κ3) is 2.06. The van der Waals surface area contributed by atoms with E-state index in [4.69, 9.17) is 5.11 Å². The zero-order valence-corrected chi connectivity index (χ0v) is 4.83. The Morgan fingerprint density at radius 1 is 1.00 bits per heavy atom. The smallest absolute Gasteiger partial charge is 0.115 e. The molecule has 0 unspecified atom stereocenters. The van der Waals surface area contributed by atoms with Crippen LogP contribution in [0.5, 0.6) is 5.75 Å². The molecule has 37 valence electrons. The van der Waals surface area contributed by atoms with Crippen LogP contribution >= 0.6 is 0 Å². The van der Waals surface area contributed by atoms with Crippen LogP contribution in [0.2, 0.25) is 0 Å². The second-order valence-electron chi connectivity index (χ2n) is 1.34. The fourth-order valence-electron chi connectivity index (χ4n) is 0.428. The van der Waals surface area contributed by atoms with Gasteiger partial charge in [-0.1, -0.05) is 18.2 Å². The SMILES string of the molecule is Oc1ccccc1.[Li]. The topological polar surface area (TPSA) is 20.2 Å². The summed E-state index contributed by atoms with van der Waals surface area (Å²) in [7, 11) is 0. The van der Waals surface area contributed by atoms with Crippen LogP contribution in [-0.2, 0) is 0 Å². The normalized spacial score (nSPS) is 7.50. The largest absolute Gasteiger partial charge is 0.508 e. The number of aromatic hydroxyl groups is 1. The third-order valence-corrected chi connectivity index (χ3v) is 0.756. The molecule has 0 aliphatic rings. The summed E-state index contributed by atoms with van der Waals surface area (Å²) in [5.74, 6) is 0.322. The molecule has 0 bridgehead atoms. The van der Waals surface area contributed by atoms with Gasteiger partial charge in [-0.05, 0) is 12.1 Å². The molecule has 0 spiro atoms. The van der Waals surface area contributed by atoms with E-state index in [-0.39, 0.29) is 18.9 Å². The van der Waals surface area contributed by atoms with Gasteiger partial charge in [0.2, 0.25) is 0 Å². The number of hydrogen-bond acceptors (Lipinski definition) is 1. The van der Waals surface area contributed by atoms with E-state index in [0.717, 1.165) is 0 Å². The summed E-state index contributed by atoms with van der Waals surface area (Å²) < 4.78 is 0. The Morgan fingerprint density at radius 3 is 1.75 bits per heavy atom. The maximum absolute atomic E-state index is 8.63. The number of hydrogen-bond donors (Lipinski definition) is 1. The number of benzene rings is 1. The zero-order chi connectivity index (χ0) is 5.11. The standard InChI is InChI=1S/C6H6O.Li/c7-6-4-2-1-3-5-6;/h1-5,7H;.